The molecule has 0 aliphatic heterocycles. The molecule has 3 rings (SSSR count). The van der Waals surface area contributed by atoms with Crippen molar-refractivity contribution in [2.75, 3.05) is 17.2 Å². The van der Waals surface area contributed by atoms with Crippen LogP contribution in [-0.4, -0.2) is 23.2 Å². The third kappa shape index (κ3) is 5.51. The van der Waals surface area contributed by atoms with Gasteiger partial charge in [0.1, 0.15) is 5.82 Å². The molecule has 3 aromatic rings. The van der Waals surface area contributed by atoms with E-state index in [1.807, 2.05) is 18.2 Å². The molecule has 0 atom stereocenters. The van der Waals surface area contributed by atoms with Crippen molar-refractivity contribution >= 4 is 23.2 Å². The summed E-state index contributed by atoms with van der Waals surface area (Å²) in [5, 5.41) is 6.06. The lowest BCUT2D eigenvalue weighted by Crippen LogP contribution is -2.13. The first-order chi connectivity index (χ1) is 13.6. The van der Waals surface area contributed by atoms with Crippen molar-refractivity contribution in [2.45, 2.75) is 19.8 Å². The SMILES string of the molecule is CC(=O)c1cccc(NC(=O)c2ccc(NCCCc3ccccc3)nc2)c1. The van der Waals surface area contributed by atoms with E-state index in [0.29, 0.717) is 16.8 Å². The van der Waals surface area contributed by atoms with E-state index in [0.717, 1.165) is 25.2 Å². The van der Waals surface area contributed by atoms with Crippen molar-refractivity contribution in [1.82, 2.24) is 4.98 Å². The van der Waals surface area contributed by atoms with E-state index in [1.165, 1.54) is 12.5 Å². The number of aryl methyl sites for hydroxylation is 1. The number of nitrogens with one attached hydrogen (secondary N) is 2. The van der Waals surface area contributed by atoms with Gasteiger partial charge in [0.05, 0.1) is 5.56 Å². The van der Waals surface area contributed by atoms with Gasteiger partial charge in [-0.15, -0.1) is 0 Å². The van der Waals surface area contributed by atoms with Crippen LogP contribution in [0.3, 0.4) is 0 Å². The maximum absolute atomic E-state index is 12.4. The fourth-order valence-corrected chi connectivity index (χ4v) is 2.81. The van der Waals surface area contributed by atoms with Crippen molar-refractivity contribution in [3.63, 3.8) is 0 Å². The minimum absolute atomic E-state index is 0.0412. The van der Waals surface area contributed by atoms with Crippen LogP contribution in [0.1, 0.15) is 39.6 Å². The topological polar surface area (TPSA) is 71.1 Å². The number of hydrogen-bond acceptors (Lipinski definition) is 4. The molecule has 28 heavy (non-hydrogen) atoms. The Hall–Kier alpha value is -3.47. The van der Waals surface area contributed by atoms with Gasteiger partial charge >= 0.3 is 0 Å². The fourth-order valence-electron chi connectivity index (χ4n) is 2.81. The molecule has 0 bridgehead atoms. The maximum atomic E-state index is 12.4. The second kappa shape index (κ2) is 9.46. The summed E-state index contributed by atoms with van der Waals surface area (Å²) in [5.41, 5.74) is 2.92. The van der Waals surface area contributed by atoms with Crippen LogP contribution in [0.2, 0.25) is 0 Å². The molecule has 1 aromatic heterocycles. The van der Waals surface area contributed by atoms with Gasteiger partial charge in [0.25, 0.3) is 5.91 Å². The van der Waals surface area contributed by atoms with Crippen LogP contribution < -0.4 is 10.6 Å². The molecule has 0 aliphatic carbocycles. The number of pyridine rings is 1. The summed E-state index contributed by atoms with van der Waals surface area (Å²) in [6.45, 7) is 2.31. The number of Topliss-reactive ketones (excluding diaryl/α,β-unsaturated/α-hetero) is 1. The van der Waals surface area contributed by atoms with E-state index in [-0.39, 0.29) is 11.7 Å². The van der Waals surface area contributed by atoms with Gasteiger partial charge in [-0.05, 0) is 49.6 Å². The second-order valence-electron chi connectivity index (χ2n) is 6.54. The summed E-state index contributed by atoms with van der Waals surface area (Å²) < 4.78 is 0. The number of rotatable bonds is 8. The second-order valence-corrected chi connectivity index (χ2v) is 6.54. The van der Waals surface area contributed by atoms with Gasteiger partial charge in [-0.2, -0.15) is 0 Å². The zero-order valence-corrected chi connectivity index (χ0v) is 15.8. The van der Waals surface area contributed by atoms with Gasteiger partial charge < -0.3 is 10.6 Å². The lowest BCUT2D eigenvalue weighted by molar-refractivity contribution is 0.101. The minimum Gasteiger partial charge on any atom is -0.370 e. The smallest absolute Gasteiger partial charge is 0.257 e. The van der Waals surface area contributed by atoms with Crippen LogP contribution in [0.4, 0.5) is 11.5 Å². The molecular weight excluding hydrogens is 350 g/mol. The summed E-state index contributed by atoms with van der Waals surface area (Å²) in [5.74, 6) is 0.437. The van der Waals surface area contributed by atoms with E-state index < -0.39 is 0 Å². The Labute approximate surface area is 164 Å². The molecule has 0 saturated carbocycles. The predicted molar refractivity (Wildman–Crippen MR) is 112 cm³/mol. The van der Waals surface area contributed by atoms with Gasteiger partial charge in [-0.3, -0.25) is 9.59 Å². The number of nitrogens with zero attached hydrogens (tertiary/aromatic N) is 1. The average Bonchev–Trinajstić information content (AvgIpc) is 2.72. The van der Waals surface area contributed by atoms with Crippen molar-refractivity contribution in [3.8, 4) is 0 Å². The van der Waals surface area contributed by atoms with E-state index in [2.05, 4.69) is 27.8 Å². The quantitative estimate of drug-likeness (QED) is 0.448. The van der Waals surface area contributed by atoms with Gasteiger partial charge in [0.15, 0.2) is 5.78 Å². The Morgan fingerprint density at radius 3 is 2.46 bits per heavy atom. The standard InChI is InChI=1S/C23H23N3O2/c1-17(27)19-10-5-11-21(15-19)26-23(28)20-12-13-22(25-16-20)24-14-6-9-18-7-3-2-4-8-18/h2-5,7-8,10-13,15-16H,6,9,14H2,1H3,(H,24,25)(H,26,28). The summed E-state index contributed by atoms with van der Waals surface area (Å²) >= 11 is 0. The Morgan fingerprint density at radius 2 is 1.75 bits per heavy atom. The number of carbonyl (C=O) groups is 2. The highest BCUT2D eigenvalue weighted by molar-refractivity contribution is 6.05. The highest BCUT2D eigenvalue weighted by atomic mass is 16.1. The number of hydrogen-bond donors (Lipinski definition) is 2. The Bertz CT molecular complexity index is 938. The number of carbonyl (C=O) groups excluding carboxylic acids is 2. The normalized spacial score (nSPS) is 10.3. The van der Waals surface area contributed by atoms with Crippen molar-refractivity contribution < 1.29 is 9.59 Å². The van der Waals surface area contributed by atoms with Gasteiger partial charge in [0.2, 0.25) is 0 Å². The molecule has 5 heteroatoms. The van der Waals surface area contributed by atoms with Crippen LogP contribution in [0, 0.1) is 0 Å². The third-order valence-corrected chi connectivity index (χ3v) is 4.34. The van der Waals surface area contributed by atoms with Crippen LogP contribution >= 0.6 is 0 Å². The first-order valence-corrected chi connectivity index (χ1v) is 9.28. The van der Waals surface area contributed by atoms with E-state index in [9.17, 15) is 9.59 Å². The maximum Gasteiger partial charge on any atom is 0.257 e. The summed E-state index contributed by atoms with van der Waals surface area (Å²) in [6, 6.07) is 20.8. The summed E-state index contributed by atoms with van der Waals surface area (Å²) in [7, 11) is 0. The van der Waals surface area contributed by atoms with E-state index >= 15 is 0 Å². The van der Waals surface area contributed by atoms with Crippen molar-refractivity contribution in [3.05, 3.63) is 89.6 Å². The number of anilines is 2. The van der Waals surface area contributed by atoms with E-state index in [1.54, 1.807) is 42.6 Å². The van der Waals surface area contributed by atoms with Crippen LogP contribution in [0.5, 0.6) is 0 Å². The first kappa shape index (κ1) is 19.3. The zero-order chi connectivity index (χ0) is 19.8. The first-order valence-electron chi connectivity index (χ1n) is 9.28. The molecule has 0 radical (unpaired) electrons. The summed E-state index contributed by atoms with van der Waals surface area (Å²) in [4.78, 5) is 28.1. The number of aromatic nitrogens is 1. The molecule has 2 N–H and O–H groups in total. The monoisotopic (exact) mass is 373 g/mol. The largest absolute Gasteiger partial charge is 0.370 e. The molecule has 142 valence electrons. The molecule has 5 nitrogen and oxygen atoms in total. The van der Waals surface area contributed by atoms with Gasteiger partial charge in [-0.1, -0.05) is 42.5 Å². The van der Waals surface area contributed by atoms with Gasteiger partial charge in [-0.25, -0.2) is 4.98 Å². The molecule has 1 heterocycles. The molecule has 0 fully saturated rings. The third-order valence-electron chi connectivity index (χ3n) is 4.34. The van der Waals surface area contributed by atoms with E-state index in [4.69, 9.17) is 0 Å². The van der Waals surface area contributed by atoms with Crippen molar-refractivity contribution in [2.24, 2.45) is 0 Å². The Balaban J connectivity index is 1.50. The van der Waals surface area contributed by atoms with Crippen LogP contribution in [-0.2, 0) is 6.42 Å². The number of benzene rings is 2. The van der Waals surface area contributed by atoms with Gasteiger partial charge in [0, 0.05) is 24.0 Å². The predicted octanol–water partition coefficient (Wildman–Crippen LogP) is 4.58. The minimum atomic E-state index is -0.260. The molecule has 0 saturated heterocycles. The highest BCUT2D eigenvalue weighted by Gasteiger charge is 2.08. The lowest BCUT2D eigenvalue weighted by atomic mass is 10.1. The number of amides is 1. The molecule has 0 spiro atoms. The van der Waals surface area contributed by atoms with Crippen molar-refractivity contribution in [1.29, 1.82) is 0 Å². The lowest BCUT2D eigenvalue weighted by Gasteiger charge is -2.08. The molecule has 1 amide bonds. The zero-order valence-electron chi connectivity index (χ0n) is 15.8. The fraction of sp³-hybridized carbons (Fsp3) is 0.174. The molecule has 2 aromatic carbocycles. The Morgan fingerprint density at radius 1 is 0.929 bits per heavy atom. The highest BCUT2D eigenvalue weighted by Crippen LogP contribution is 2.13. The Kier molecular flexibility index (Phi) is 6.52. The molecule has 0 aliphatic rings. The van der Waals surface area contributed by atoms with Crippen LogP contribution in [0.15, 0.2) is 72.9 Å². The molecule has 0 unspecified atom stereocenters. The summed E-state index contributed by atoms with van der Waals surface area (Å²) in [6.07, 6.45) is 3.55. The number of ketones is 1. The van der Waals surface area contributed by atoms with Crippen LogP contribution in [0.25, 0.3) is 0 Å². The molecular formula is C23H23N3O2. The average molecular weight is 373 g/mol.